The van der Waals surface area contributed by atoms with E-state index in [0.717, 1.165) is 12.8 Å². The lowest BCUT2D eigenvalue weighted by Crippen LogP contribution is -1.90. The monoisotopic (exact) mass is 174 g/mol. The third-order valence-electron chi connectivity index (χ3n) is 1.40. The molecule has 0 saturated heterocycles. The van der Waals surface area contributed by atoms with Gasteiger partial charge in [0, 0.05) is 6.92 Å². The van der Waals surface area contributed by atoms with Crippen molar-refractivity contribution in [1.29, 1.82) is 0 Å². The van der Waals surface area contributed by atoms with Gasteiger partial charge < -0.3 is 0 Å². The van der Waals surface area contributed by atoms with E-state index in [1.165, 1.54) is 6.92 Å². The Hall–Kier alpha value is -0.300. The van der Waals surface area contributed by atoms with E-state index in [-0.39, 0.29) is 5.78 Å². The van der Waals surface area contributed by atoms with Crippen molar-refractivity contribution in [3.8, 4) is 0 Å². The van der Waals surface area contributed by atoms with Gasteiger partial charge in [-0.1, -0.05) is 31.5 Å². The first-order chi connectivity index (χ1) is 5.04. The summed E-state index contributed by atoms with van der Waals surface area (Å²) in [6.07, 6.45) is 3.78. The van der Waals surface area contributed by atoms with Gasteiger partial charge in [-0.05, 0) is 18.8 Å². The number of hydrogen-bond acceptors (Lipinski definition) is 1. The highest BCUT2D eigenvalue weighted by atomic mass is 35.5. The highest BCUT2D eigenvalue weighted by Gasteiger charge is 1.97. The molecule has 0 spiro atoms. The molecule has 1 nitrogen and oxygen atoms in total. The second-order valence-corrected chi connectivity index (χ2v) is 3.49. The summed E-state index contributed by atoms with van der Waals surface area (Å²) in [4.78, 5) is 10.6. The zero-order valence-electron chi connectivity index (χ0n) is 7.36. The lowest BCUT2D eigenvalue weighted by atomic mass is 10.1. The fourth-order valence-electron chi connectivity index (χ4n) is 0.687. The molecule has 0 saturated carbocycles. The van der Waals surface area contributed by atoms with Crippen LogP contribution in [0.2, 0.25) is 0 Å². The molecular weight excluding hydrogens is 160 g/mol. The predicted molar refractivity (Wildman–Crippen MR) is 48.7 cm³/mol. The first kappa shape index (κ1) is 10.7. The first-order valence-corrected chi connectivity index (χ1v) is 4.28. The van der Waals surface area contributed by atoms with Crippen LogP contribution in [0.15, 0.2) is 11.1 Å². The summed E-state index contributed by atoms with van der Waals surface area (Å²) in [6.45, 7) is 5.78. The van der Waals surface area contributed by atoms with Crippen molar-refractivity contribution in [3.63, 3.8) is 0 Å². The highest BCUT2D eigenvalue weighted by Crippen LogP contribution is 2.09. The molecule has 64 valence electrons. The Balaban J connectivity index is 3.65. The molecule has 0 aromatic rings. The van der Waals surface area contributed by atoms with Crippen molar-refractivity contribution in [1.82, 2.24) is 0 Å². The number of carbonyl (C=O) groups excluding carboxylic acids is 1. The van der Waals surface area contributed by atoms with E-state index in [2.05, 4.69) is 13.8 Å². The van der Waals surface area contributed by atoms with Crippen molar-refractivity contribution in [2.24, 2.45) is 5.92 Å². The number of allylic oxidation sites excluding steroid dienone is 2. The number of ketones is 1. The van der Waals surface area contributed by atoms with Crippen molar-refractivity contribution in [3.05, 3.63) is 11.1 Å². The van der Waals surface area contributed by atoms with Gasteiger partial charge in [-0.15, -0.1) is 0 Å². The minimum Gasteiger partial charge on any atom is -0.294 e. The second kappa shape index (κ2) is 5.36. The molecule has 0 radical (unpaired) electrons. The van der Waals surface area contributed by atoms with Gasteiger partial charge in [-0.3, -0.25) is 4.79 Å². The standard InChI is InChI=1S/C9H15ClO/c1-7(2)5-4-6-9(10)8(3)11/h6-7H,4-5H2,1-3H3/b9-6-. The fraction of sp³-hybridized carbons (Fsp3) is 0.667. The van der Waals surface area contributed by atoms with Crippen LogP contribution in [0.4, 0.5) is 0 Å². The van der Waals surface area contributed by atoms with E-state index < -0.39 is 0 Å². The average Bonchev–Trinajstić information content (AvgIpc) is 1.86. The van der Waals surface area contributed by atoms with Gasteiger partial charge in [0.15, 0.2) is 5.78 Å². The summed E-state index contributed by atoms with van der Waals surface area (Å²) in [5.41, 5.74) is 0. The van der Waals surface area contributed by atoms with E-state index in [1.807, 2.05) is 0 Å². The zero-order chi connectivity index (χ0) is 8.85. The predicted octanol–water partition coefficient (Wildman–Crippen LogP) is 3.13. The van der Waals surface area contributed by atoms with Crippen molar-refractivity contribution in [2.45, 2.75) is 33.6 Å². The molecule has 0 aromatic heterocycles. The van der Waals surface area contributed by atoms with Gasteiger partial charge in [-0.25, -0.2) is 0 Å². The summed E-state index contributed by atoms with van der Waals surface area (Å²) in [5.74, 6) is 0.623. The number of hydrogen-bond donors (Lipinski definition) is 0. The molecule has 0 aliphatic rings. The minimum absolute atomic E-state index is 0.0459. The van der Waals surface area contributed by atoms with Crippen LogP contribution in [0.3, 0.4) is 0 Å². The van der Waals surface area contributed by atoms with Crippen LogP contribution in [0.25, 0.3) is 0 Å². The fourth-order valence-corrected chi connectivity index (χ4v) is 0.796. The van der Waals surface area contributed by atoms with E-state index >= 15 is 0 Å². The van der Waals surface area contributed by atoms with E-state index in [4.69, 9.17) is 11.6 Å². The smallest absolute Gasteiger partial charge is 0.170 e. The Morgan fingerprint density at radius 1 is 1.55 bits per heavy atom. The van der Waals surface area contributed by atoms with E-state index in [0.29, 0.717) is 11.0 Å². The highest BCUT2D eigenvalue weighted by molar-refractivity contribution is 6.42. The summed E-state index contributed by atoms with van der Waals surface area (Å²) < 4.78 is 0. The largest absolute Gasteiger partial charge is 0.294 e. The third-order valence-corrected chi connectivity index (χ3v) is 1.82. The molecule has 0 atom stereocenters. The normalized spacial score (nSPS) is 12.3. The Bertz CT molecular complexity index is 159. The van der Waals surface area contributed by atoms with Crippen LogP contribution in [0.5, 0.6) is 0 Å². The summed E-state index contributed by atoms with van der Waals surface area (Å²) in [5, 5.41) is 0.366. The molecule has 0 aliphatic heterocycles. The van der Waals surface area contributed by atoms with Crippen LogP contribution in [0, 0.1) is 5.92 Å². The van der Waals surface area contributed by atoms with Gasteiger partial charge in [-0.2, -0.15) is 0 Å². The Morgan fingerprint density at radius 3 is 2.45 bits per heavy atom. The molecule has 0 amide bonds. The van der Waals surface area contributed by atoms with Crippen molar-refractivity contribution < 1.29 is 4.79 Å². The molecule has 0 rings (SSSR count). The number of carbonyl (C=O) groups is 1. The van der Waals surface area contributed by atoms with Crippen LogP contribution in [-0.2, 0) is 4.79 Å². The zero-order valence-corrected chi connectivity index (χ0v) is 8.11. The first-order valence-electron chi connectivity index (χ1n) is 3.90. The Labute approximate surface area is 73.4 Å². The minimum atomic E-state index is -0.0459. The summed E-state index contributed by atoms with van der Waals surface area (Å²) in [6, 6.07) is 0. The summed E-state index contributed by atoms with van der Waals surface area (Å²) in [7, 11) is 0. The number of Topliss-reactive ketones (excluding diaryl/α,β-unsaturated/α-hetero) is 1. The topological polar surface area (TPSA) is 17.1 Å². The van der Waals surface area contributed by atoms with Gasteiger partial charge >= 0.3 is 0 Å². The third kappa shape index (κ3) is 6.11. The SMILES string of the molecule is CC(=O)/C(Cl)=C/CCC(C)C. The van der Waals surface area contributed by atoms with Crippen LogP contribution < -0.4 is 0 Å². The van der Waals surface area contributed by atoms with Gasteiger partial charge in [0.1, 0.15) is 0 Å². The van der Waals surface area contributed by atoms with Gasteiger partial charge in [0.2, 0.25) is 0 Å². The lowest BCUT2D eigenvalue weighted by molar-refractivity contribution is -0.113. The average molecular weight is 175 g/mol. The number of rotatable bonds is 4. The van der Waals surface area contributed by atoms with Crippen molar-refractivity contribution >= 4 is 17.4 Å². The van der Waals surface area contributed by atoms with E-state index in [1.54, 1.807) is 6.08 Å². The Kier molecular flexibility index (Phi) is 5.22. The molecule has 0 fully saturated rings. The molecule has 11 heavy (non-hydrogen) atoms. The van der Waals surface area contributed by atoms with Crippen LogP contribution >= 0.6 is 11.6 Å². The molecule has 0 N–H and O–H groups in total. The van der Waals surface area contributed by atoms with Crippen molar-refractivity contribution in [2.75, 3.05) is 0 Å². The maximum Gasteiger partial charge on any atom is 0.170 e. The van der Waals surface area contributed by atoms with Gasteiger partial charge in [0.25, 0.3) is 0 Å². The quantitative estimate of drug-likeness (QED) is 0.599. The molecule has 2 heteroatoms. The Morgan fingerprint density at radius 2 is 2.09 bits per heavy atom. The molecule has 0 heterocycles. The van der Waals surface area contributed by atoms with Crippen LogP contribution in [-0.4, -0.2) is 5.78 Å². The molecule has 0 aliphatic carbocycles. The molecule has 0 aromatic carbocycles. The van der Waals surface area contributed by atoms with Crippen LogP contribution in [0.1, 0.15) is 33.6 Å². The maximum atomic E-state index is 10.6. The molecular formula is C9H15ClO. The molecule has 0 bridgehead atoms. The lowest BCUT2D eigenvalue weighted by Gasteiger charge is -1.99. The number of halogens is 1. The second-order valence-electron chi connectivity index (χ2n) is 3.08. The summed E-state index contributed by atoms with van der Waals surface area (Å²) >= 11 is 5.61. The maximum absolute atomic E-state index is 10.6. The van der Waals surface area contributed by atoms with E-state index in [9.17, 15) is 4.79 Å². The van der Waals surface area contributed by atoms with Gasteiger partial charge in [0.05, 0.1) is 5.03 Å². The molecule has 0 unspecified atom stereocenters.